The maximum absolute atomic E-state index is 13.6. The highest BCUT2D eigenvalue weighted by molar-refractivity contribution is 6.30. The first-order chi connectivity index (χ1) is 17.1. The topological polar surface area (TPSA) is 62.6 Å². The lowest BCUT2D eigenvalue weighted by Crippen LogP contribution is -2.43. The molecule has 3 aromatic carbocycles. The van der Waals surface area contributed by atoms with Crippen molar-refractivity contribution in [2.24, 2.45) is 0 Å². The van der Waals surface area contributed by atoms with E-state index in [0.29, 0.717) is 17.2 Å². The van der Waals surface area contributed by atoms with Gasteiger partial charge in [0.05, 0.1) is 12.8 Å². The Hall–Kier alpha value is -3.83. The van der Waals surface area contributed by atoms with E-state index in [0.717, 1.165) is 16.7 Å². The lowest BCUT2D eigenvalue weighted by molar-refractivity contribution is -0.141. The maximum atomic E-state index is 13.6. The molecule has 0 radical (unpaired) electrons. The van der Waals surface area contributed by atoms with Crippen molar-refractivity contribution < 1.29 is 14.0 Å². The molecule has 1 aromatic heterocycles. The molecule has 1 atom stereocenters. The van der Waals surface area contributed by atoms with E-state index in [4.69, 9.17) is 16.0 Å². The number of furan rings is 1. The summed E-state index contributed by atoms with van der Waals surface area (Å²) in [5, 5.41) is 3.56. The molecule has 0 aliphatic rings. The number of carbonyl (C=O) groups is 2. The molecule has 5 nitrogen and oxygen atoms in total. The summed E-state index contributed by atoms with van der Waals surface area (Å²) in [6.45, 7) is 0.515. The van der Waals surface area contributed by atoms with Crippen LogP contribution < -0.4 is 5.32 Å². The molecule has 1 unspecified atom stereocenters. The Labute approximate surface area is 210 Å². The van der Waals surface area contributed by atoms with Gasteiger partial charge in [-0.05, 0) is 47.4 Å². The van der Waals surface area contributed by atoms with Crippen molar-refractivity contribution in [3.05, 3.63) is 131 Å². The SMILES string of the molecule is O=C(NCc1ccco1)C(c1ccccc1)N(Cc1ccc(Cl)cc1)C(=O)CCc1ccccc1. The molecular formula is C29H27ClN2O3. The second kappa shape index (κ2) is 12.0. The van der Waals surface area contributed by atoms with Crippen LogP contribution in [0.15, 0.2) is 108 Å². The van der Waals surface area contributed by atoms with E-state index in [2.05, 4.69) is 5.32 Å². The van der Waals surface area contributed by atoms with Crippen LogP contribution in [-0.4, -0.2) is 16.7 Å². The summed E-state index contributed by atoms with van der Waals surface area (Å²) in [7, 11) is 0. The zero-order chi connectivity index (χ0) is 24.5. The van der Waals surface area contributed by atoms with Gasteiger partial charge in [-0.15, -0.1) is 0 Å². The Morgan fingerprint density at radius 3 is 2.17 bits per heavy atom. The molecule has 0 fully saturated rings. The summed E-state index contributed by atoms with van der Waals surface area (Å²) in [5.41, 5.74) is 2.71. The molecule has 0 aliphatic carbocycles. The quantitative estimate of drug-likeness (QED) is 0.301. The third-order valence-corrected chi connectivity index (χ3v) is 6.00. The monoisotopic (exact) mass is 486 g/mol. The molecule has 4 rings (SSSR count). The van der Waals surface area contributed by atoms with Crippen LogP contribution in [-0.2, 0) is 29.1 Å². The van der Waals surface area contributed by atoms with Crippen molar-refractivity contribution in [1.82, 2.24) is 10.2 Å². The van der Waals surface area contributed by atoms with Gasteiger partial charge in [-0.25, -0.2) is 0 Å². The Balaban J connectivity index is 1.62. The first kappa shape index (κ1) is 24.3. The molecule has 0 bridgehead atoms. The van der Waals surface area contributed by atoms with Crippen LogP contribution in [0.3, 0.4) is 0 Å². The first-order valence-electron chi connectivity index (χ1n) is 11.5. The minimum absolute atomic E-state index is 0.106. The van der Waals surface area contributed by atoms with E-state index in [1.165, 1.54) is 0 Å². The van der Waals surface area contributed by atoms with Crippen molar-refractivity contribution >= 4 is 23.4 Å². The Bertz CT molecular complexity index is 1210. The van der Waals surface area contributed by atoms with Gasteiger partial charge in [-0.1, -0.05) is 84.4 Å². The second-order valence-corrected chi connectivity index (χ2v) is 8.68. The van der Waals surface area contributed by atoms with Gasteiger partial charge in [0.1, 0.15) is 11.8 Å². The molecule has 6 heteroatoms. The molecule has 1 heterocycles. The lowest BCUT2D eigenvalue weighted by Gasteiger charge is -2.31. The number of benzene rings is 3. The molecule has 0 saturated heterocycles. The van der Waals surface area contributed by atoms with Crippen molar-refractivity contribution in [2.75, 3.05) is 0 Å². The van der Waals surface area contributed by atoms with Gasteiger partial charge in [-0.3, -0.25) is 9.59 Å². The van der Waals surface area contributed by atoms with E-state index in [1.54, 1.807) is 35.4 Å². The van der Waals surface area contributed by atoms with E-state index < -0.39 is 6.04 Å². The number of halogens is 1. The van der Waals surface area contributed by atoms with Crippen LogP contribution in [0.2, 0.25) is 5.02 Å². The summed E-state index contributed by atoms with van der Waals surface area (Å²) in [4.78, 5) is 28.8. The molecular weight excluding hydrogens is 460 g/mol. The van der Waals surface area contributed by atoms with Crippen molar-refractivity contribution in [1.29, 1.82) is 0 Å². The van der Waals surface area contributed by atoms with Crippen molar-refractivity contribution in [2.45, 2.75) is 32.0 Å². The highest BCUT2D eigenvalue weighted by atomic mass is 35.5. The molecule has 0 spiro atoms. The number of nitrogens with zero attached hydrogens (tertiary/aromatic N) is 1. The smallest absolute Gasteiger partial charge is 0.247 e. The fourth-order valence-corrected chi connectivity index (χ4v) is 4.07. The van der Waals surface area contributed by atoms with Crippen LogP contribution in [0.5, 0.6) is 0 Å². The number of carbonyl (C=O) groups excluding carboxylic acids is 2. The van der Waals surface area contributed by atoms with E-state index >= 15 is 0 Å². The van der Waals surface area contributed by atoms with Gasteiger partial charge in [0, 0.05) is 18.0 Å². The zero-order valence-corrected chi connectivity index (χ0v) is 20.0. The van der Waals surface area contributed by atoms with Crippen molar-refractivity contribution in [3.8, 4) is 0 Å². The van der Waals surface area contributed by atoms with Gasteiger partial charge >= 0.3 is 0 Å². The number of hydrogen-bond donors (Lipinski definition) is 1. The fourth-order valence-electron chi connectivity index (χ4n) is 3.94. The molecule has 178 valence electrons. The van der Waals surface area contributed by atoms with Crippen LogP contribution in [0.25, 0.3) is 0 Å². The minimum Gasteiger partial charge on any atom is -0.467 e. The van der Waals surface area contributed by atoms with Gasteiger partial charge in [0.2, 0.25) is 11.8 Å². The number of amides is 2. The number of rotatable bonds is 10. The molecule has 4 aromatic rings. The third kappa shape index (κ3) is 6.84. The minimum atomic E-state index is -0.801. The van der Waals surface area contributed by atoms with Gasteiger partial charge < -0.3 is 14.6 Å². The standard InChI is InChI=1S/C29H27ClN2O3/c30-25-16-13-23(14-17-25)21-32(27(33)18-15-22-8-3-1-4-9-22)28(24-10-5-2-6-11-24)29(34)31-20-26-12-7-19-35-26/h1-14,16-17,19,28H,15,18,20-21H2,(H,31,34). The third-order valence-electron chi connectivity index (χ3n) is 5.75. The summed E-state index contributed by atoms with van der Waals surface area (Å²) in [6, 6.07) is 29.4. The summed E-state index contributed by atoms with van der Waals surface area (Å²) in [5.74, 6) is 0.269. The predicted molar refractivity (Wildman–Crippen MR) is 137 cm³/mol. The van der Waals surface area contributed by atoms with Crippen molar-refractivity contribution in [3.63, 3.8) is 0 Å². The lowest BCUT2D eigenvalue weighted by atomic mass is 10.0. The van der Waals surface area contributed by atoms with E-state index in [-0.39, 0.29) is 31.3 Å². The van der Waals surface area contributed by atoms with E-state index in [1.807, 2.05) is 72.8 Å². The van der Waals surface area contributed by atoms with Crippen LogP contribution in [0, 0.1) is 0 Å². The van der Waals surface area contributed by atoms with Gasteiger partial charge in [0.25, 0.3) is 0 Å². The number of hydrogen-bond acceptors (Lipinski definition) is 3. The molecule has 1 N–H and O–H groups in total. The highest BCUT2D eigenvalue weighted by Crippen LogP contribution is 2.26. The molecule has 0 aliphatic heterocycles. The summed E-state index contributed by atoms with van der Waals surface area (Å²) >= 11 is 6.07. The zero-order valence-electron chi connectivity index (χ0n) is 19.3. The maximum Gasteiger partial charge on any atom is 0.247 e. The van der Waals surface area contributed by atoms with Crippen LogP contribution in [0.4, 0.5) is 0 Å². The number of nitrogens with one attached hydrogen (secondary N) is 1. The Morgan fingerprint density at radius 1 is 0.829 bits per heavy atom. The summed E-state index contributed by atoms with van der Waals surface area (Å²) < 4.78 is 5.36. The molecule has 0 saturated carbocycles. The molecule has 35 heavy (non-hydrogen) atoms. The Morgan fingerprint density at radius 2 is 1.51 bits per heavy atom. The predicted octanol–water partition coefficient (Wildman–Crippen LogP) is 5.95. The first-order valence-corrected chi connectivity index (χ1v) is 11.9. The highest BCUT2D eigenvalue weighted by Gasteiger charge is 2.31. The van der Waals surface area contributed by atoms with Crippen LogP contribution in [0.1, 0.15) is 34.9 Å². The van der Waals surface area contributed by atoms with Gasteiger partial charge in [-0.2, -0.15) is 0 Å². The normalized spacial score (nSPS) is 11.6. The Kier molecular flexibility index (Phi) is 8.36. The summed E-state index contributed by atoms with van der Waals surface area (Å²) in [6.07, 6.45) is 2.44. The average molecular weight is 487 g/mol. The van der Waals surface area contributed by atoms with E-state index in [9.17, 15) is 9.59 Å². The average Bonchev–Trinajstić information content (AvgIpc) is 3.42. The van der Waals surface area contributed by atoms with Gasteiger partial charge in [0.15, 0.2) is 0 Å². The van der Waals surface area contributed by atoms with Crippen LogP contribution >= 0.6 is 11.6 Å². The molecule has 2 amide bonds. The second-order valence-electron chi connectivity index (χ2n) is 8.24. The number of aryl methyl sites for hydroxylation is 1. The largest absolute Gasteiger partial charge is 0.467 e. The fraction of sp³-hybridized carbons (Fsp3) is 0.172.